The summed E-state index contributed by atoms with van der Waals surface area (Å²) in [4.78, 5) is 28.1. The van der Waals surface area contributed by atoms with Gasteiger partial charge in [-0.2, -0.15) is 4.98 Å². The van der Waals surface area contributed by atoms with Gasteiger partial charge in [0.1, 0.15) is 5.56 Å². The maximum atomic E-state index is 12.8. The van der Waals surface area contributed by atoms with Crippen molar-refractivity contribution in [3.8, 4) is 5.88 Å². The van der Waals surface area contributed by atoms with E-state index in [2.05, 4.69) is 35.6 Å². The minimum Gasteiger partial charge on any atom is -0.477 e. The third-order valence-electron chi connectivity index (χ3n) is 4.83. The average Bonchev–Trinajstić information content (AvgIpc) is 3.33. The number of carbonyl (C=O) groups is 1. The Balaban J connectivity index is 1.56. The van der Waals surface area contributed by atoms with E-state index in [0.717, 1.165) is 25.2 Å². The lowest BCUT2D eigenvalue weighted by Crippen LogP contribution is -2.30. The van der Waals surface area contributed by atoms with Crippen LogP contribution >= 0.6 is 0 Å². The molecule has 1 amide bonds. The van der Waals surface area contributed by atoms with E-state index in [9.17, 15) is 4.79 Å². The quantitative estimate of drug-likeness (QED) is 0.641. The molecule has 1 aliphatic rings. The summed E-state index contributed by atoms with van der Waals surface area (Å²) < 4.78 is 7.26. The Hall–Kier alpha value is -3.27. The molecule has 0 bridgehead atoms. The van der Waals surface area contributed by atoms with Gasteiger partial charge in [-0.15, -0.1) is 5.10 Å². The molecule has 0 aromatic carbocycles. The molecule has 0 spiro atoms. The summed E-state index contributed by atoms with van der Waals surface area (Å²) in [6, 6.07) is 3.91. The monoisotopic (exact) mass is 396 g/mol. The molecule has 0 radical (unpaired) electrons. The van der Waals surface area contributed by atoms with Crippen LogP contribution in [0, 0.1) is 6.92 Å². The maximum Gasteiger partial charge on any atom is 0.263 e. The van der Waals surface area contributed by atoms with E-state index in [1.807, 2.05) is 20.9 Å². The molecule has 1 aliphatic heterocycles. The third-order valence-corrected chi connectivity index (χ3v) is 4.83. The Morgan fingerprint density at radius 3 is 2.97 bits per heavy atom. The van der Waals surface area contributed by atoms with Gasteiger partial charge in [-0.05, 0) is 39.4 Å². The number of ether oxygens (including phenoxy) is 1. The highest BCUT2D eigenvalue weighted by Crippen LogP contribution is 2.23. The molecule has 1 atom stereocenters. The molecule has 29 heavy (non-hydrogen) atoms. The van der Waals surface area contributed by atoms with Gasteiger partial charge in [-0.25, -0.2) is 14.5 Å². The van der Waals surface area contributed by atoms with Crippen LogP contribution in [-0.2, 0) is 0 Å². The SMILES string of the molecule is CCOc1nc(N2CC[C@@H](NC)C2)ncc1C(=O)Nc1ccc2nc(C)cn2n1. The van der Waals surface area contributed by atoms with E-state index in [-0.39, 0.29) is 17.4 Å². The lowest BCUT2D eigenvalue weighted by molar-refractivity contribution is 0.102. The highest BCUT2D eigenvalue weighted by Gasteiger charge is 2.25. The highest BCUT2D eigenvalue weighted by molar-refractivity contribution is 6.05. The normalized spacial score (nSPS) is 16.4. The van der Waals surface area contributed by atoms with Crippen LogP contribution < -0.4 is 20.3 Å². The summed E-state index contributed by atoms with van der Waals surface area (Å²) in [5, 5.41) is 10.4. The van der Waals surface area contributed by atoms with E-state index < -0.39 is 0 Å². The first-order valence-electron chi connectivity index (χ1n) is 9.63. The number of hydrogen-bond donors (Lipinski definition) is 2. The Morgan fingerprint density at radius 1 is 1.34 bits per heavy atom. The number of hydrogen-bond acceptors (Lipinski definition) is 8. The van der Waals surface area contributed by atoms with Crippen molar-refractivity contribution in [2.75, 3.05) is 37.0 Å². The van der Waals surface area contributed by atoms with Crippen LogP contribution in [0.2, 0.25) is 0 Å². The topological polar surface area (TPSA) is 110 Å². The molecule has 4 rings (SSSR count). The fourth-order valence-electron chi connectivity index (χ4n) is 3.34. The van der Waals surface area contributed by atoms with Crippen molar-refractivity contribution in [3.05, 3.63) is 35.8 Å². The zero-order chi connectivity index (χ0) is 20.4. The van der Waals surface area contributed by atoms with Crippen molar-refractivity contribution in [3.63, 3.8) is 0 Å². The molecule has 10 heteroatoms. The molecule has 152 valence electrons. The first kappa shape index (κ1) is 19.1. The van der Waals surface area contributed by atoms with Crippen molar-refractivity contribution in [2.24, 2.45) is 0 Å². The fraction of sp³-hybridized carbons (Fsp3) is 0.421. The van der Waals surface area contributed by atoms with Crippen LogP contribution in [0.5, 0.6) is 5.88 Å². The summed E-state index contributed by atoms with van der Waals surface area (Å²) in [5.74, 6) is 0.861. The molecule has 1 saturated heterocycles. The molecule has 0 unspecified atom stereocenters. The number of amides is 1. The Bertz CT molecular complexity index is 1030. The van der Waals surface area contributed by atoms with Gasteiger partial charge < -0.3 is 20.3 Å². The van der Waals surface area contributed by atoms with Gasteiger partial charge in [-0.3, -0.25) is 4.79 Å². The van der Waals surface area contributed by atoms with Crippen LogP contribution in [0.4, 0.5) is 11.8 Å². The van der Waals surface area contributed by atoms with Gasteiger partial charge in [-0.1, -0.05) is 0 Å². The molecular weight excluding hydrogens is 372 g/mol. The summed E-state index contributed by atoms with van der Waals surface area (Å²) >= 11 is 0. The number of likely N-dealkylation sites (N-methyl/N-ethyl adjacent to an activating group) is 1. The number of imidazole rings is 1. The van der Waals surface area contributed by atoms with Gasteiger partial charge in [0, 0.05) is 25.3 Å². The van der Waals surface area contributed by atoms with Gasteiger partial charge in [0.05, 0.1) is 18.5 Å². The van der Waals surface area contributed by atoms with Crippen LogP contribution in [0.15, 0.2) is 24.5 Å². The maximum absolute atomic E-state index is 12.8. The van der Waals surface area contributed by atoms with E-state index in [1.54, 1.807) is 22.8 Å². The summed E-state index contributed by atoms with van der Waals surface area (Å²) in [6.45, 7) is 5.82. The Kier molecular flexibility index (Phi) is 5.26. The lowest BCUT2D eigenvalue weighted by atomic mass is 10.3. The molecule has 3 aromatic rings. The largest absolute Gasteiger partial charge is 0.477 e. The summed E-state index contributed by atoms with van der Waals surface area (Å²) in [5.41, 5.74) is 1.84. The fourth-order valence-corrected chi connectivity index (χ4v) is 3.34. The summed E-state index contributed by atoms with van der Waals surface area (Å²) in [7, 11) is 1.95. The Labute approximate surface area is 168 Å². The number of anilines is 2. The Morgan fingerprint density at radius 2 is 2.21 bits per heavy atom. The second kappa shape index (κ2) is 8.00. The lowest BCUT2D eigenvalue weighted by Gasteiger charge is -2.18. The molecule has 3 aromatic heterocycles. The number of rotatable bonds is 6. The van der Waals surface area contributed by atoms with E-state index in [1.165, 1.54) is 6.20 Å². The van der Waals surface area contributed by atoms with Crippen molar-refractivity contribution >= 4 is 23.3 Å². The number of aryl methyl sites for hydroxylation is 1. The predicted molar refractivity (Wildman–Crippen MR) is 109 cm³/mol. The number of nitrogens with zero attached hydrogens (tertiary/aromatic N) is 6. The van der Waals surface area contributed by atoms with Gasteiger partial charge in [0.2, 0.25) is 11.8 Å². The second-order valence-corrected chi connectivity index (χ2v) is 6.90. The average molecular weight is 396 g/mol. The third kappa shape index (κ3) is 3.97. The summed E-state index contributed by atoms with van der Waals surface area (Å²) in [6.07, 6.45) is 4.33. The highest BCUT2D eigenvalue weighted by atomic mass is 16.5. The van der Waals surface area contributed by atoms with Crippen molar-refractivity contribution in [2.45, 2.75) is 26.3 Å². The first-order valence-corrected chi connectivity index (χ1v) is 9.63. The minimum absolute atomic E-state index is 0.266. The first-order chi connectivity index (χ1) is 14.1. The van der Waals surface area contributed by atoms with Crippen molar-refractivity contribution in [1.82, 2.24) is 29.9 Å². The van der Waals surface area contributed by atoms with Gasteiger partial charge in [0.15, 0.2) is 11.5 Å². The number of carbonyl (C=O) groups excluding carboxylic acids is 1. The molecule has 1 fully saturated rings. The molecular formula is C19H24N8O2. The van der Waals surface area contributed by atoms with E-state index in [4.69, 9.17) is 4.74 Å². The number of aromatic nitrogens is 5. The smallest absolute Gasteiger partial charge is 0.263 e. The molecule has 4 heterocycles. The van der Waals surface area contributed by atoms with Crippen molar-refractivity contribution < 1.29 is 9.53 Å². The number of fused-ring (bicyclic) bond motifs is 1. The van der Waals surface area contributed by atoms with Crippen LogP contribution in [0.3, 0.4) is 0 Å². The molecule has 0 saturated carbocycles. The standard InChI is InChI=1S/C19H24N8O2/c1-4-29-18-14(9-21-19(24-18)26-8-7-13(11-26)20-3)17(28)23-15-5-6-16-22-12(2)10-27(16)25-15/h5-6,9-10,13,20H,4,7-8,11H2,1-3H3,(H,23,25,28)/t13-/m1/s1. The van der Waals surface area contributed by atoms with Crippen molar-refractivity contribution in [1.29, 1.82) is 0 Å². The van der Waals surface area contributed by atoms with Gasteiger partial charge >= 0.3 is 0 Å². The van der Waals surface area contributed by atoms with Crippen LogP contribution in [0.25, 0.3) is 5.65 Å². The molecule has 10 nitrogen and oxygen atoms in total. The second-order valence-electron chi connectivity index (χ2n) is 6.90. The van der Waals surface area contributed by atoms with Gasteiger partial charge in [0.25, 0.3) is 5.91 Å². The molecule has 0 aliphatic carbocycles. The predicted octanol–water partition coefficient (Wildman–Crippen LogP) is 1.28. The zero-order valence-electron chi connectivity index (χ0n) is 16.7. The van der Waals surface area contributed by atoms with E-state index in [0.29, 0.717) is 30.1 Å². The number of nitrogens with one attached hydrogen (secondary N) is 2. The van der Waals surface area contributed by atoms with Crippen LogP contribution in [-0.4, -0.2) is 63.3 Å². The zero-order valence-corrected chi connectivity index (χ0v) is 16.7. The minimum atomic E-state index is -0.377. The van der Waals surface area contributed by atoms with Crippen LogP contribution in [0.1, 0.15) is 29.4 Å². The van der Waals surface area contributed by atoms with E-state index >= 15 is 0 Å². The molecule has 2 N–H and O–H groups in total.